The van der Waals surface area contributed by atoms with Crippen LogP contribution in [0.15, 0.2) is 225 Å². The molecular weight excluding hydrogens is 827 g/mol. The highest BCUT2D eigenvalue weighted by Crippen LogP contribution is 2.52. The number of fused-ring (bicyclic) bond motifs is 9. The van der Waals surface area contributed by atoms with Crippen LogP contribution in [0.1, 0.15) is 31.9 Å². The standard InChI is InChI=1S/C60H41N5.C3H6/c1-60(2)48-28-14-9-23-41(48)42-34-33-40(37-49(42)60)55-47(59-62-57(38-19-5-3-6-20-38)61-58(63-59)39-21-7-4-8-22-39)35-36-54(64-50-29-15-10-24-43(50)44-25-11-16-30-51(44)64)56(55)65-52-31-17-12-26-45(52)46-27-13-18-32-53(46)65;1-3-2/h3-37H,1-2H3;3H,1H2,2H3. The Hall–Kier alpha value is -8.67. The molecule has 0 aliphatic heterocycles. The Morgan fingerprint density at radius 2 is 0.809 bits per heavy atom. The first-order valence-corrected chi connectivity index (χ1v) is 23.3. The van der Waals surface area contributed by atoms with Crippen LogP contribution in [0.2, 0.25) is 0 Å². The molecule has 1 aliphatic rings. The maximum Gasteiger partial charge on any atom is 0.164 e. The molecule has 3 heterocycles. The summed E-state index contributed by atoms with van der Waals surface area (Å²) in [5.41, 5.74) is 16.5. The first-order chi connectivity index (χ1) is 33.4. The molecule has 9 aromatic carbocycles. The molecule has 0 bridgehead atoms. The SMILES string of the molecule is C=CC.CC1(C)c2ccccc2-c2ccc(-c3c(-c4nc(-c5ccccc5)nc(-c5ccccc5)n4)ccc(-n4c5ccccc5c5ccccc54)c3-n3c4ccccc4c4ccccc43)cc21. The number of aromatic nitrogens is 5. The third-order valence-electron chi connectivity index (χ3n) is 13.6. The molecule has 13 rings (SSSR count). The second kappa shape index (κ2) is 16.3. The molecule has 0 N–H and O–H groups in total. The van der Waals surface area contributed by atoms with Crippen LogP contribution in [0, 0.1) is 0 Å². The van der Waals surface area contributed by atoms with Gasteiger partial charge in [-0.15, -0.1) is 6.58 Å². The summed E-state index contributed by atoms with van der Waals surface area (Å²) >= 11 is 0. The predicted octanol–water partition coefficient (Wildman–Crippen LogP) is 16.2. The van der Waals surface area contributed by atoms with Gasteiger partial charge in [-0.1, -0.05) is 190 Å². The van der Waals surface area contributed by atoms with Crippen molar-refractivity contribution in [1.82, 2.24) is 24.1 Å². The summed E-state index contributed by atoms with van der Waals surface area (Å²) in [6.07, 6.45) is 1.75. The van der Waals surface area contributed by atoms with Crippen molar-refractivity contribution in [1.29, 1.82) is 0 Å². The third kappa shape index (κ3) is 6.42. The van der Waals surface area contributed by atoms with Crippen molar-refractivity contribution in [2.24, 2.45) is 0 Å². The number of rotatable bonds is 6. The second-order valence-electron chi connectivity index (χ2n) is 18.0. The smallest absolute Gasteiger partial charge is 0.164 e. The molecule has 0 spiro atoms. The van der Waals surface area contributed by atoms with E-state index >= 15 is 0 Å². The fourth-order valence-corrected chi connectivity index (χ4v) is 10.6. The average Bonchev–Trinajstić information content (AvgIpc) is 3.99. The minimum atomic E-state index is -0.228. The second-order valence-corrected chi connectivity index (χ2v) is 18.0. The number of hydrogen-bond acceptors (Lipinski definition) is 3. The lowest BCUT2D eigenvalue weighted by molar-refractivity contribution is 0.660. The van der Waals surface area contributed by atoms with Gasteiger partial charge in [0.25, 0.3) is 0 Å². The highest BCUT2D eigenvalue weighted by Gasteiger charge is 2.36. The van der Waals surface area contributed by atoms with Gasteiger partial charge in [-0.2, -0.15) is 0 Å². The highest BCUT2D eigenvalue weighted by molar-refractivity contribution is 6.13. The van der Waals surface area contributed by atoms with E-state index in [-0.39, 0.29) is 5.41 Å². The van der Waals surface area contributed by atoms with E-state index < -0.39 is 0 Å². The van der Waals surface area contributed by atoms with E-state index in [1.54, 1.807) is 6.08 Å². The van der Waals surface area contributed by atoms with Crippen LogP contribution in [0.5, 0.6) is 0 Å². The van der Waals surface area contributed by atoms with Crippen molar-refractivity contribution in [2.45, 2.75) is 26.2 Å². The monoisotopic (exact) mass is 873 g/mol. The van der Waals surface area contributed by atoms with E-state index in [1.807, 2.05) is 43.3 Å². The molecule has 12 aromatic rings. The Labute approximate surface area is 396 Å². The molecule has 68 heavy (non-hydrogen) atoms. The lowest BCUT2D eigenvalue weighted by atomic mass is 9.81. The minimum Gasteiger partial charge on any atom is -0.307 e. The number of para-hydroxylation sites is 4. The van der Waals surface area contributed by atoms with Crippen LogP contribution < -0.4 is 0 Å². The summed E-state index contributed by atoms with van der Waals surface area (Å²) in [7, 11) is 0. The van der Waals surface area contributed by atoms with Crippen LogP contribution in [0.25, 0.3) is 111 Å². The summed E-state index contributed by atoms with van der Waals surface area (Å²) < 4.78 is 4.95. The predicted molar refractivity (Wildman–Crippen MR) is 284 cm³/mol. The molecule has 5 heteroatoms. The molecular formula is C63H47N5. The number of benzene rings is 9. The van der Waals surface area contributed by atoms with E-state index in [4.69, 9.17) is 15.0 Å². The molecule has 0 unspecified atom stereocenters. The zero-order valence-electron chi connectivity index (χ0n) is 38.2. The quantitative estimate of drug-likeness (QED) is 0.156. The van der Waals surface area contributed by atoms with Gasteiger partial charge in [0, 0.05) is 49.2 Å². The molecule has 0 radical (unpaired) electrons. The van der Waals surface area contributed by atoms with Gasteiger partial charge in [0.1, 0.15) is 0 Å². The van der Waals surface area contributed by atoms with E-state index in [0.717, 1.165) is 61.3 Å². The molecule has 0 amide bonds. The summed E-state index contributed by atoms with van der Waals surface area (Å²) in [4.78, 5) is 16.0. The van der Waals surface area contributed by atoms with Gasteiger partial charge in [-0.25, -0.2) is 15.0 Å². The van der Waals surface area contributed by atoms with Crippen LogP contribution in [0.4, 0.5) is 0 Å². The van der Waals surface area contributed by atoms with Gasteiger partial charge in [0.05, 0.1) is 33.4 Å². The number of nitrogens with zero attached hydrogens (tertiary/aromatic N) is 5. The van der Waals surface area contributed by atoms with Gasteiger partial charge in [-0.3, -0.25) is 0 Å². The Morgan fingerprint density at radius 1 is 0.397 bits per heavy atom. The molecule has 3 aromatic heterocycles. The van der Waals surface area contributed by atoms with Gasteiger partial charge in [-0.05, 0) is 77.2 Å². The van der Waals surface area contributed by atoms with E-state index in [0.29, 0.717) is 17.5 Å². The maximum absolute atomic E-state index is 5.42. The summed E-state index contributed by atoms with van der Waals surface area (Å²) in [6, 6.07) is 76.2. The first kappa shape index (κ1) is 40.8. The van der Waals surface area contributed by atoms with Crippen molar-refractivity contribution >= 4 is 43.6 Å². The number of allylic oxidation sites excluding steroid dienone is 1. The summed E-state index contributed by atoms with van der Waals surface area (Å²) in [5.74, 6) is 1.85. The third-order valence-corrected chi connectivity index (χ3v) is 13.6. The van der Waals surface area contributed by atoms with Crippen LogP contribution in [-0.2, 0) is 5.41 Å². The average molecular weight is 874 g/mol. The van der Waals surface area contributed by atoms with E-state index in [1.165, 1.54) is 43.8 Å². The molecule has 5 nitrogen and oxygen atoms in total. The Morgan fingerprint density at radius 3 is 1.34 bits per heavy atom. The van der Waals surface area contributed by atoms with Crippen LogP contribution in [-0.4, -0.2) is 24.1 Å². The Bertz CT molecular complexity index is 3750. The Kier molecular flexibility index (Phi) is 9.80. The van der Waals surface area contributed by atoms with Crippen LogP contribution >= 0.6 is 0 Å². The normalized spacial score (nSPS) is 12.5. The van der Waals surface area contributed by atoms with E-state index in [2.05, 4.69) is 205 Å². The molecule has 1 aliphatic carbocycles. The van der Waals surface area contributed by atoms with Crippen molar-refractivity contribution < 1.29 is 0 Å². The zero-order valence-corrected chi connectivity index (χ0v) is 38.2. The zero-order chi connectivity index (χ0) is 45.9. The lowest BCUT2D eigenvalue weighted by Crippen LogP contribution is -2.15. The lowest BCUT2D eigenvalue weighted by Gasteiger charge is -2.25. The van der Waals surface area contributed by atoms with E-state index in [9.17, 15) is 0 Å². The molecule has 0 atom stereocenters. The first-order valence-electron chi connectivity index (χ1n) is 23.3. The largest absolute Gasteiger partial charge is 0.307 e. The van der Waals surface area contributed by atoms with Gasteiger partial charge >= 0.3 is 0 Å². The van der Waals surface area contributed by atoms with Crippen LogP contribution in [0.3, 0.4) is 0 Å². The minimum absolute atomic E-state index is 0.228. The fourth-order valence-electron chi connectivity index (χ4n) is 10.6. The van der Waals surface area contributed by atoms with Crippen molar-refractivity contribution in [3.05, 3.63) is 236 Å². The van der Waals surface area contributed by atoms with Gasteiger partial charge in [0.2, 0.25) is 0 Å². The molecule has 0 saturated carbocycles. The number of hydrogen-bond donors (Lipinski definition) is 0. The van der Waals surface area contributed by atoms with Crippen molar-refractivity contribution in [3.63, 3.8) is 0 Å². The van der Waals surface area contributed by atoms with Crippen molar-refractivity contribution in [3.8, 4) is 67.8 Å². The molecule has 0 saturated heterocycles. The van der Waals surface area contributed by atoms with Gasteiger partial charge in [0.15, 0.2) is 17.5 Å². The summed E-state index contributed by atoms with van der Waals surface area (Å²) in [6.45, 7) is 9.96. The van der Waals surface area contributed by atoms with Gasteiger partial charge < -0.3 is 9.13 Å². The molecule has 324 valence electrons. The maximum atomic E-state index is 5.42. The Balaban J connectivity index is 0.00000156. The van der Waals surface area contributed by atoms with Crippen molar-refractivity contribution in [2.75, 3.05) is 0 Å². The topological polar surface area (TPSA) is 48.5 Å². The summed E-state index contributed by atoms with van der Waals surface area (Å²) in [5, 5.41) is 4.79. The molecule has 0 fully saturated rings. The highest BCUT2D eigenvalue weighted by atomic mass is 15.1. The fraction of sp³-hybridized carbons (Fsp3) is 0.0635.